The number of piperidine rings is 2. The maximum Gasteiger partial charge on any atom is 0.272 e. The van der Waals surface area contributed by atoms with E-state index in [1.54, 1.807) is 41.3 Å². The summed E-state index contributed by atoms with van der Waals surface area (Å²) in [4.78, 5) is 34.2. The molecule has 3 aromatic rings. The standard InChI is InChI=1S/C34H36FN5O5S/c35-30-22-39(21-24-3-1-23(19-36)2-4-24)16-15-31(30)38-33(41)25-5-12-32(37-20-25)34(42)40-17-13-27(14-18-40)45-26-6-8-28(9-7-26)46(43,44)29-10-11-29/h1-9,12,20,27,29-31H,10-11,13-18,21-22H2,(H,38,41)/t30-,31?/m1/s1. The van der Waals surface area contributed by atoms with E-state index in [9.17, 15) is 18.0 Å². The molecular formula is C34H36FN5O5S. The second kappa shape index (κ2) is 13.6. The molecule has 0 bridgehead atoms. The molecular weight excluding hydrogens is 609 g/mol. The third-order valence-electron chi connectivity index (χ3n) is 8.82. The number of halogens is 1. The number of nitrogens with one attached hydrogen (secondary N) is 1. The van der Waals surface area contributed by atoms with E-state index >= 15 is 4.39 Å². The van der Waals surface area contributed by atoms with Gasteiger partial charge < -0.3 is 15.0 Å². The first kappa shape index (κ1) is 31.6. The smallest absolute Gasteiger partial charge is 0.272 e. The van der Waals surface area contributed by atoms with Gasteiger partial charge in [-0.25, -0.2) is 12.8 Å². The zero-order valence-corrected chi connectivity index (χ0v) is 26.2. The monoisotopic (exact) mass is 645 g/mol. The van der Waals surface area contributed by atoms with Crippen LogP contribution in [-0.2, 0) is 16.4 Å². The predicted octanol–water partition coefficient (Wildman–Crippen LogP) is 3.92. The SMILES string of the molecule is N#Cc1ccc(CN2CCC(NC(=O)c3ccc(C(=O)N4CCC(Oc5ccc(S(=O)(=O)C6CC6)cc5)CC4)nc3)[C@H](F)C2)cc1. The molecule has 0 spiro atoms. The van der Waals surface area contributed by atoms with Crippen LogP contribution in [0, 0.1) is 11.3 Å². The molecule has 3 heterocycles. The third-order valence-corrected chi connectivity index (χ3v) is 11.1. The molecule has 1 aromatic heterocycles. The predicted molar refractivity (Wildman–Crippen MR) is 168 cm³/mol. The molecule has 2 amide bonds. The summed E-state index contributed by atoms with van der Waals surface area (Å²) in [6.07, 6.45) is 3.14. The molecule has 1 aliphatic carbocycles. The normalized spacial score (nSPS) is 20.9. The largest absolute Gasteiger partial charge is 0.490 e. The molecule has 1 saturated carbocycles. The fourth-order valence-electron chi connectivity index (χ4n) is 5.93. The summed E-state index contributed by atoms with van der Waals surface area (Å²) in [7, 11) is -3.24. The number of benzene rings is 2. The van der Waals surface area contributed by atoms with Crippen molar-refractivity contribution in [2.24, 2.45) is 0 Å². The number of aromatic nitrogens is 1. The van der Waals surface area contributed by atoms with Gasteiger partial charge in [0.05, 0.1) is 33.4 Å². The molecule has 1 unspecified atom stereocenters. The Morgan fingerprint density at radius 1 is 0.957 bits per heavy atom. The van der Waals surface area contributed by atoms with Gasteiger partial charge in [-0.1, -0.05) is 12.1 Å². The van der Waals surface area contributed by atoms with Crippen molar-refractivity contribution < 1.29 is 27.1 Å². The number of nitriles is 1. The number of carbonyl (C=O) groups is 2. The Balaban J connectivity index is 0.946. The van der Waals surface area contributed by atoms with Crippen LogP contribution in [0.4, 0.5) is 4.39 Å². The van der Waals surface area contributed by atoms with E-state index in [1.807, 2.05) is 17.0 Å². The molecule has 46 heavy (non-hydrogen) atoms. The van der Waals surface area contributed by atoms with Crippen LogP contribution < -0.4 is 10.1 Å². The summed E-state index contributed by atoms with van der Waals surface area (Å²) in [5, 5.41) is 11.5. The Bertz CT molecular complexity index is 1700. The molecule has 2 atom stereocenters. The van der Waals surface area contributed by atoms with Crippen molar-refractivity contribution in [3.05, 3.63) is 89.2 Å². The molecule has 0 radical (unpaired) electrons. The van der Waals surface area contributed by atoms with Crippen molar-refractivity contribution in [1.29, 1.82) is 5.26 Å². The van der Waals surface area contributed by atoms with Crippen molar-refractivity contribution in [1.82, 2.24) is 20.1 Å². The van der Waals surface area contributed by atoms with E-state index in [0.29, 0.717) is 61.6 Å². The highest BCUT2D eigenvalue weighted by Crippen LogP contribution is 2.34. The van der Waals surface area contributed by atoms with Gasteiger partial charge in [-0.05, 0) is 73.4 Å². The van der Waals surface area contributed by atoms with Crippen LogP contribution in [0.15, 0.2) is 71.8 Å². The number of ether oxygens (including phenoxy) is 1. The average Bonchev–Trinajstić information content (AvgIpc) is 3.94. The number of likely N-dealkylation sites (tertiary alicyclic amines) is 2. The van der Waals surface area contributed by atoms with Crippen LogP contribution in [0.1, 0.15) is 64.1 Å². The van der Waals surface area contributed by atoms with Crippen LogP contribution in [0.2, 0.25) is 0 Å². The minimum Gasteiger partial charge on any atom is -0.490 e. The number of rotatable bonds is 9. The number of sulfone groups is 1. The Morgan fingerprint density at radius 3 is 2.28 bits per heavy atom. The lowest BCUT2D eigenvalue weighted by Gasteiger charge is -2.35. The van der Waals surface area contributed by atoms with Crippen LogP contribution in [-0.4, -0.2) is 84.8 Å². The lowest BCUT2D eigenvalue weighted by atomic mass is 10.0. The molecule has 2 aliphatic heterocycles. The Hall–Kier alpha value is -4.34. The molecule has 10 nitrogen and oxygen atoms in total. The molecule has 2 saturated heterocycles. The Kier molecular flexibility index (Phi) is 9.33. The average molecular weight is 646 g/mol. The highest BCUT2D eigenvalue weighted by atomic mass is 32.2. The first-order valence-corrected chi connectivity index (χ1v) is 17.2. The summed E-state index contributed by atoms with van der Waals surface area (Å²) in [6.45, 7) is 2.33. The summed E-state index contributed by atoms with van der Waals surface area (Å²) in [5.41, 5.74) is 2.06. The summed E-state index contributed by atoms with van der Waals surface area (Å²) >= 11 is 0. The van der Waals surface area contributed by atoms with Gasteiger partial charge in [-0.15, -0.1) is 0 Å². The molecule has 6 rings (SSSR count). The van der Waals surface area contributed by atoms with Crippen molar-refractivity contribution >= 4 is 21.7 Å². The molecule has 1 N–H and O–H groups in total. The van der Waals surface area contributed by atoms with Gasteiger partial charge in [0.1, 0.15) is 23.7 Å². The minimum absolute atomic E-state index is 0.101. The zero-order valence-electron chi connectivity index (χ0n) is 25.3. The van der Waals surface area contributed by atoms with Crippen molar-refractivity contribution in [2.75, 3.05) is 26.2 Å². The van der Waals surface area contributed by atoms with Crippen LogP contribution in [0.3, 0.4) is 0 Å². The fraction of sp³-hybridized carbons (Fsp3) is 0.412. The number of amides is 2. The number of nitrogens with zero attached hydrogens (tertiary/aromatic N) is 4. The van der Waals surface area contributed by atoms with Gasteiger partial charge in [0, 0.05) is 51.8 Å². The number of pyridine rings is 1. The summed E-state index contributed by atoms with van der Waals surface area (Å²) in [6, 6.07) is 18.3. The first-order chi connectivity index (χ1) is 22.2. The number of carbonyl (C=O) groups excluding carboxylic acids is 2. The quantitative estimate of drug-likeness (QED) is 0.371. The van der Waals surface area contributed by atoms with E-state index in [-0.39, 0.29) is 35.1 Å². The van der Waals surface area contributed by atoms with E-state index < -0.39 is 28.0 Å². The van der Waals surface area contributed by atoms with E-state index in [0.717, 1.165) is 18.4 Å². The number of hydrogen-bond acceptors (Lipinski definition) is 8. The Morgan fingerprint density at radius 2 is 1.67 bits per heavy atom. The van der Waals surface area contributed by atoms with Gasteiger partial charge in [0.15, 0.2) is 9.84 Å². The van der Waals surface area contributed by atoms with Gasteiger partial charge in [-0.2, -0.15) is 5.26 Å². The lowest BCUT2D eigenvalue weighted by Crippen LogP contribution is -2.52. The van der Waals surface area contributed by atoms with E-state index in [1.165, 1.54) is 18.3 Å². The van der Waals surface area contributed by atoms with E-state index in [4.69, 9.17) is 10.00 Å². The van der Waals surface area contributed by atoms with Gasteiger partial charge in [0.25, 0.3) is 11.8 Å². The van der Waals surface area contributed by atoms with Crippen molar-refractivity contribution in [3.63, 3.8) is 0 Å². The van der Waals surface area contributed by atoms with Gasteiger partial charge >= 0.3 is 0 Å². The molecule has 3 aliphatic rings. The molecule has 3 fully saturated rings. The summed E-state index contributed by atoms with van der Waals surface area (Å²) in [5.74, 6) is -0.0721. The van der Waals surface area contributed by atoms with Crippen molar-refractivity contribution in [3.8, 4) is 11.8 Å². The van der Waals surface area contributed by atoms with Crippen molar-refractivity contribution in [2.45, 2.75) is 67.1 Å². The van der Waals surface area contributed by atoms with Gasteiger partial charge in [0.2, 0.25) is 0 Å². The zero-order chi connectivity index (χ0) is 32.3. The van der Waals surface area contributed by atoms with Crippen LogP contribution in [0.5, 0.6) is 5.75 Å². The minimum atomic E-state index is -3.24. The molecule has 12 heteroatoms. The maximum atomic E-state index is 15.0. The maximum absolute atomic E-state index is 15.0. The molecule has 240 valence electrons. The lowest BCUT2D eigenvalue weighted by molar-refractivity contribution is 0.0589. The van der Waals surface area contributed by atoms with Gasteiger partial charge in [-0.3, -0.25) is 19.5 Å². The van der Waals surface area contributed by atoms with Crippen LogP contribution in [0.25, 0.3) is 0 Å². The highest BCUT2D eigenvalue weighted by Gasteiger charge is 2.37. The number of alkyl halides is 1. The fourth-order valence-corrected chi connectivity index (χ4v) is 7.59. The topological polar surface area (TPSA) is 133 Å². The molecule has 2 aromatic carbocycles. The van der Waals surface area contributed by atoms with Crippen LogP contribution >= 0.6 is 0 Å². The second-order valence-corrected chi connectivity index (χ2v) is 14.4. The number of hydrogen-bond donors (Lipinski definition) is 1. The van der Waals surface area contributed by atoms with E-state index in [2.05, 4.69) is 16.4 Å². The summed E-state index contributed by atoms with van der Waals surface area (Å²) < 4.78 is 45.9. The second-order valence-electron chi connectivity index (χ2n) is 12.2. The first-order valence-electron chi connectivity index (χ1n) is 15.6. The highest BCUT2D eigenvalue weighted by molar-refractivity contribution is 7.92. The third kappa shape index (κ3) is 7.37. The Labute approximate surface area is 268 Å².